The van der Waals surface area contributed by atoms with Crippen molar-refractivity contribution in [2.24, 2.45) is 4.99 Å². The van der Waals surface area contributed by atoms with Crippen molar-refractivity contribution in [1.29, 1.82) is 0 Å². The molecule has 0 radical (unpaired) electrons. The molecule has 0 aliphatic rings. The zero-order valence-corrected chi connectivity index (χ0v) is 19.5. The molecule has 0 atom stereocenters. The summed E-state index contributed by atoms with van der Waals surface area (Å²) in [6.45, 7) is 1.36. The number of rotatable bonds is 7. The number of hydrogen-bond donors (Lipinski definition) is 3. The van der Waals surface area contributed by atoms with Gasteiger partial charge < -0.3 is 20.5 Å². The molecule has 0 spiro atoms. The Kier molecular flexibility index (Phi) is 8.90. The van der Waals surface area contributed by atoms with Gasteiger partial charge in [-0.2, -0.15) is 0 Å². The number of halogens is 2. The molecule has 156 valence electrons. The van der Waals surface area contributed by atoms with E-state index in [1.165, 1.54) is 21.9 Å². The molecule has 0 unspecified atom stereocenters. The quantitative estimate of drug-likeness (QED) is 0.250. The lowest BCUT2D eigenvalue weighted by molar-refractivity contribution is -0.127. The van der Waals surface area contributed by atoms with Gasteiger partial charge in [0, 0.05) is 42.6 Å². The lowest BCUT2D eigenvalue weighted by Gasteiger charge is -2.13. The number of fused-ring (bicyclic) bond motifs is 1. The SMILES string of the molecule is CN(C)C(=O)CN=C(NCCc1c[nH]c2cc(F)ccc12)NCc1cccs1.I. The molecule has 1 aromatic carbocycles. The van der Waals surface area contributed by atoms with E-state index in [-0.39, 0.29) is 42.2 Å². The highest BCUT2D eigenvalue weighted by atomic mass is 127. The van der Waals surface area contributed by atoms with Crippen LogP contribution in [0.25, 0.3) is 10.9 Å². The maximum Gasteiger partial charge on any atom is 0.243 e. The Morgan fingerprint density at radius 1 is 1.28 bits per heavy atom. The van der Waals surface area contributed by atoms with Crippen LogP contribution >= 0.6 is 35.3 Å². The molecule has 1 amide bonds. The maximum atomic E-state index is 13.3. The van der Waals surface area contributed by atoms with Crippen molar-refractivity contribution in [3.8, 4) is 0 Å². The number of nitrogens with zero attached hydrogens (tertiary/aromatic N) is 2. The van der Waals surface area contributed by atoms with E-state index in [1.54, 1.807) is 31.5 Å². The number of carbonyl (C=O) groups excluding carboxylic acids is 1. The predicted octanol–water partition coefficient (Wildman–Crippen LogP) is 3.35. The Labute approximate surface area is 190 Å². The molecule has 9 heteroatoms. The average molecular weight is 529 g/mol. The minimum absolute atomic E-state index is 0. The van der Waals surface area contributed by atoms with Crippen LogP contribution in [0.2, 0.25) is 0 Å². The minimum atomic E-state index is -0.253. The van der Waals surface area contributed by atoms with Crippen molar-refractivity contribution in [2.75, 3.05) is 27.2 Å². The Balaban J connectivity index is 0.00000300. The number of aromatic nitrogens is 1. The van der Waals surface area contributed by atoms with Crippen molar-refractivity contribution < 1.29 is 9.18 Å². The average Bonchev–Trinajstić information content (AvgIpc) is 3.32. The zero-order valence-electron chi connectivity index (χ0n) is 16.4. The van der Waals surface area contributed by atoms with E-state index in [1.807, 2.05) is 23.7 Å². The third-order valence-electron chi connectivity index (χ3n) is 4.30. The molecule has 29 heavy (non-hydrogen) atoms. The molecule has 0 aliphatic carbocycles. The van der Waals surface area contributed by atoms with Gasteiger partial charge >= 0.3 is 0 Å². The number of carbonyl (C=O) groups is 1. The largest absolute Gasteiger partial charge is 0.361 e. The van der Waals surface area contributed by atoms with E-state index >= 15 is 0 Å². The second-order valence-corrected chi connectivity index (χ2v) is 7.60. The normalized spacial score (nSPS) is 11.2. The van der Waals surface area contributed by atoms with E-state index in [2.05, 4.69) is 20.6 Å². The van der Waals surface area contributed by atoms with Gasteiger partial charge in [0.15, 0.2) is 5.96 Å². The van der Waals surface area contributed by atoms with E-state index in [9.17, 15) is 9.18 Å². The van der Waals surface area contributed by atoms with Crippen LogP contribution in [0.4, 0.5) is 4.39 Å². The van der Waals surface area contributed by atoms with Gasteiger partial charge in [-0.25, -0.2) is 9.38 Å². The molecule has 0 fully saturated rings. The first-order valence-electron chi connectivity index (χ1n) is 9.03. The fourth-order valence-corrected chi connectivity index (χ4v) is 3.37. The number of nitrogens with one attached hydrogen (secondary N) is 3. The van der Waals surface area contributed by atoms with E-state index < -0.39 is 0 Å². The molecule has 0 aliphatic heterocycles. The molecule has 3 N–H and O–H groups in total. The second-order valence-electron chi connectivity index (χ2n) is 6.57. The van der Waals surface area contributed by atoms with Crippen LogP contribution in [0.5, 0.6) is 0 Å². The highest BCUT2D eigenvalue weighted by Crippen LogP contribution is 2.19. The number of guanidine groups is 1. The lowest BCUT2D eigenvalue weighted by Crippen LogP contribution is -2.39. The summed E-state index contributed by atoms with van der Waals surface area (Å²) >= 11 is 1.66. The minimum Gasteiger partial charge on any atom is -0.361 e. The maximum absolute atomic E-state index is 13.3. The number of aliphatic imine (C=N–C) groups is 1. The van der Waals surface area contributed by atoms with Crippen molar-refractivity contribution in [3.05, 3.63) is 58.2 Å². The Morgan fingerprint density at radius 3 is 2.83 bits per heavy atom. The summed E-state index contributed by atoms with van der Waals surface area (Å²) in [4.78, 5) is 22.0. The van der Waals surface area contributed by atoms with Crippen molar-refractivity contribution >= 4 is 58.1 Å². The zero-order chi connectivity index (χ0) is 19.9. The van der Waals surface area contributed by atoms with E-state index in [0.717, 1.165) is 22.9 Å². The molecule has 2 heterocycles. The van der Waals surface area contributed by atoms with E-state index in [0.29, 0.717) is 19.0 Å². The number of hydrogen-bond acceptors (Lipinski definition) is 3. The van der Waals surface area contributed by atoms with Crippen LogP contribution in [0.1, 0.15) is 10.4 Å². The molecule has 0 saturated carbocycles. The first-order valence-corrected chi connectivity index (χ1v) is 9.91. The molecule has 0 bridgehead atoms. The van der Waals surface area contributed by atoms with Gasteiger partial charge in [-0.3, -0.25) is 4.79 Å². The topological polar surface area (TPSA) is 72.5 Å². The van der Waals surface area contributed by atoms with Crippen molar-refractivity contribution in [3.63, 3.8) is 0 Å². The van der Waals surface area contributed by atoms with Crippen LogP contribution in [0.3, 0.4) is 0 Å². The third-order valence-corrected chi connectivity index (χ3v) is 5.17. The number of thiophene rings is 1. The van der Waals surface area contributed by atoms with Crippen molar-refractivity contribution in [1.82, 2.24) is 20.5 Å². The van der Waals surface area contributed by atoms with Gasteiger partial charge in [-0.15, -0.1) is 35.3 Å². The standard InChI is InChI=1S/C20H24FN5OS.HI/c1-26(2)19(27)13-25-20(24-12-16-4-3-9-28-16)22-8-7-14-11-23-18-10-15(21)5-6-17(14)18;/h3-6,9-11,23H,7-8,12-13H2,1-2H3,(H2,22,24,25);1H. The van der Waals surface area contributed by atoms with Gasteiger partial charge in [0.1, 0.15) is 12.4 Å². The van der Waals surface area contributed by atoms with Crippen molar-refractivity contribution in [2.45, 2.75) is 13.0 Å². The smallest absolute Gasteiger partial charge is 0.243 e. The van der Waals surface area contributed by atoms with Crippen LogP contribution in [-0.2, 0) is 17.8 Å². The molecule has 3 rings (SSSR count). The van der Waals surface area contributed by atoms with Crippen LogP contribution in [0, 0.1) is 5.82 Å². The fourth-order valence-electron chi connectivity index (χ4n) is 2.73. The first-order chi connectivity index (χ1) is 13.5. The molecular weight excluding hydrogens is 504 g/mol. The van der Waals surface area contributed by atoms with Gasteiger partial charge in [0.25, 0.3) is 0 Å². The fraction of sp³-hybridized carbons (Fsp3) is 0.300. The Bertz CT molecular complexity index is 955. The summed E-state index contributed by atoms with van der Waals surface area (Å²) < 4.78 is 13.3. The Morgan fingerprint density at radius 2 is 2.10 bits per heavy atom. The van der Waals surface area contributed by atoms with Gasteiger partial charge in [0.2, 0.25) is 5.91 Å². The summed E-state index contributed by atoms with van der Waals surface area (Å²) in [5.74, 6) is 0.280. The predicted molar refractivity (Wildman–Crippen MR) is 128 cm³/mol. The summed E-state index contributed by atoms with van der Waals surface area (Å²) in [5.41, 5.74) is 1.89. The van der Waals surface area contributed by atoms with Gasteiger partial charge in [0.05, 0.1) is 6.54 Å². The summed E-state index contributed by atoms with van der Waals surface area (Å²) in [7, 11) is 3.42. The number of benzene rings is 1. The molecule has 2 aromatic heterocycles. The third kappa shape index (κ3) is 6.70. The first kappa shape index (κ1) is 23.1. The van der Waals surface area contributed by atoms with Gasteiger partial charge in [-0.05, 0) is 41.6 Å². The number of H-pyrrole nitrogens is 1. The second kappa shape index (κ2) is 11.1. The highest BCUT2D eigenvalue weighted by Gasteiger charge is 2.07. The van der Waals surface area contributed by atoms with E-state index in [4.69, 9.17) is 0 Å². The highest BCUT2D eigenvalue weighted by molar-refractivity contribution is 14.0. The number of likely N-dealkylation sites (N-methyl/N-ethyl adjacent to an activating group) is 1. The number of aromatic amines is 1. The number of amides is 1. The summed E-state index contributed by atoms with van der Waals surface area (Å²) in [5, 5.41) is 9.57. The van der Waals surface area contributed by atoms with Crippen LogP contribution < -0.4 is 10.6 Å². The molecule has 0 saturated heterocycles. The monoisotopic (exact) mass is 529 g/mol. The molecule has 6 nitrogen and oxygen atoms in total. The van der Waals surface area contributed by atoms with Crippen LogP contribution in [0.15, 0.2) is 46.9 Å². The van der Waals surface area contributed by atoms with Crippen LogP contribution in [-0.4, -0.2) is 48.9 Å². The summed E-state index contributed by atoms with van der Waals surface area (Å²) in [6, 6.07) is 8.80. The van der Waals surface area contributed by atoms with Gasteiger partial charge in [-0.1, -0.05) is 6.07 Å². The Hall–Kier alpha value is -2.14. The lowest BCUT2D eigenvalue weighted by atomic mass is 10.1. The molecule has 3 aromatic rings. The molecular formula is C20H25FIN5OS. The summed E-state index contributed by atoms with van der Waals surface area (Å²) in [6.07, 6.45) is 2.64.